The predicted octanol–water partition coefficient (Wildman–Crippen LogP) is 0.572. The van der Waals surface area contributed by atoms with Gasteiger partial charge in [-0.1, -0.05) is 26.3 Å². The Hall–Kier alpha value is -3.20. The number of hydrogen-bond acceptors (Lipinski definition) is 9. The van der Waals surface area contributed by atoms with Crippen LogP contribution in [0.15, 0.2) is 50.6 Å². The SMILES string of the molecule is C=CC(=O)OCC1(COC(=O)C=C)C(OC(=O)C=C)OC1OC(=O)C=C. The quantitative estimate of drug-likeness (QED) is 0.311. The molecule has 1 aliphatic rings. The maximum absolute atomic E-state index is 11.5. The van der Waals surface area contributed by atoms with Gasteiger partial charge >= 0.3 is 23.9 Å². The van der Waals surface area contributed by atoms with E-state index in [1.807, 2.05) is 0 Å². The second-order valence-corrected chi connectivity index (χ2v) is 4.94. The van der Waals surface area contributed by atoms with Crippen LogP contribution in [-0.2, 0) is 42.9 Å². The maximum atomic E-state index is 11.5. The smallest absolute Gasteiger partial charge is 0.332 e. The van der Waals surface area contributed by atoms with Crippen LogP contribution >= 0.6 is 0 Å². The van der Waals surface area contributed by atoms with Crippen LogP contribution in [0, 0.1) is 5.41 Å². The van der Waals surface area contributed by atoms with E-state index in [0.717, 1.165) is 24.3 Å². The summed E-state index contributed by atoms with van der Waals surface area (Å²) in [5, 5.41) is 0. The van der Waals surface area contributed by atoms with Crippen LogP contribution in [0.4, 0.5) is 0 Å². The molecule has 9 nitrogen and oxygen atoms in total. The summed E-state index contributed by atoms with van der Waals surface area (Å²) in [5.74, 6) is -3.29. The molecule has 0 aromatic rings. The predicted molar refractivity (Wildman–Crippen MR) is 86.0 cm³/mol. The van der Waals surface area contributed by atoms with Gasteiger partial charge in [0.1, 0.15) is 13.2 Å². The monoisotopic (exact) mass is 366 g/mol. The molecule has 0 aliphatic carbocycles. The molecule has 2 unspecified atom stereocenters. The normalized spacial score (nSPS) is 19.7. The standard InChI is InChI=1S/C17H18O9/c1-5-11(18)22-9-17(10-23-12(19)6-2)15(24-13(20)7-3)26-16(17)25-14(21)8-4/h5-8,15-16H,1-4,9-10H2. The first-order valence-corrected chi connectivity index (χ1v) is 7.23. The lowest BCUT2D eigenvalue weighted by atomic mass is 9.83. The Kier molecular flexibility index (Phi) is 7.48. The number of ether oxygens (including phenoxy) is 5. The first kappa shape index (κ1) is 20.8. The highest BCUT2D eigenvalue weighted by Gasteiger charge is 2.64. The van der Waals surface area contributed by atoms with Crippen LogP contribution in [-0.4, -0.2) is 49.7 Å². The first-order valence-electron chi connectivity index (χ1n) is 7.23. The molecular formula is C17H18O9. The van der Waals surface area contributed by atoms with Crippen LogP contribution in [0.25, 0.3) is 0 Å². The van der Waals surface area contributed by atoms with E-state index >= 15 is 0 Å². The number of carbonyl (C=O) groups excluding carboxylic acids is 4. The van der Waals surface area contributed by atoms with E-state index in [2.05, 4.69) is 26.3 Å². The molecule has 0 bridgehead atoms. The number of rotatable bonds is 10. The van der Waals surface area contributed by atoms with Crippen LogP contribution < -0.4 is 0 Å². The van der Waals surface area contributed by atoms with Gasteiger partial charge in [0.25, 0.3) is 0 Å². The van der Waals surface area contributed by atoms with Crippen molar-refractivity contribution in [2.24, 2.45) is 5.41 Å². The average molecular weight is 366 g/mol. The zero-order valence-corrected chi connectivity index (χ0v) is 13.9. The molecule has 0 aromatic heterocycles. The molecule has 0 spiro atoms. The van der Waals surface area contributed by atoms with Crippen molar-refractivity contribution in [2.75, 3.05) is 13.2 Å². The molecule has 0 saturated carbocycles. The number of carbonyl (C=O) groups is 4. The van der Waals surface area contributed by atoms with Gasteiger partial charge in [-0.25, -0.2) is 19.2 Å². The van der Waals surface area contributed by atoms with E-state index in [1.165, 1.54) is 0 Å². The number of hydrogen-bond donors (Lipinski definition) is 0. The van der Waals surface area contributed by atoms with Gasteiger partial charge in [-0.15, -0.1) is 0 Å². The molecule has 1 saturated heterocycles. The van der Waals surface area contributed by atoms with Crippen molar-refractivity contribution in [1.29, 1.82) is 0 Å². The summed E-state index contributed by atoms with van der Waals surface area (Å²) in [4.78, 5) is 45.8. The van der Waals surface area contributed by atoms with Crippen molar-refractivity contribution in [2.45, 2.75) is 12.6 Å². The fourth-order valence-electron chi connectivity index (χ4n) is 1.86. The summed E-state index contributed by atoms with van der Waals surface area (Å²) in [6.07, 6.45) is 0.874. The Morgan fingerprint density at radius 2 is 1.08 bits per heavy atom. The van der Waals surface area contributed by atoms with Gasteiger partial charge in [-0.2, -0.15) is 0 Å². The lowest BCUT2D eigenvalue weighted by molar-refractivity contribution is -0.410. The van der Waals surface area contributed by atoms with Crippen LogP contribution in [0.2, 0.25) is 0 Å². The third-order valence-electron chi connectivity index (χ3n) is 3.27. The van der Waals surface area contributed by atoms with Crippen LogP contribution in [0.5, 0.6) is 0 Å². The molecule has 1 fully saturated rings. The molecule has 1 rings (SSSR count). The summed E-state index contributed by atoms with van der Waals surface area (Å²) >= 11 is 0. The zero-order valence-electron chi connectivity index (χ0n) is 13.9. The van der Waals surface area contributed by atoms with Gasteiger partial charge in [0.05, 0.1) is 0 Å². The van der Waals surface area contributed by atoms with E-state index in [1.54, 1.807) is 0 Å². The Morgan fingerprint density at radius 3 is 1.38 bits per heavy atom. The molecule has 0 N–H and O–H groups in total. The van der Waals surface area contributed by atoms with E-state index in [-0.39, 0.29) is 0 Å². The van der Waals surface area contributed by atoms with Crippen molar-refractivity contribution < 1.29 is 42.9 Å². The third-order valence-corrected chi connectivity index (χ3v) is 3.27. The van der Waals surface area contributed by atoms with Gasteiger partial charge in [0.15, 0.2) is 5.41 Å². The highest BCUT2D eigenvalue weighted by atomic mass is 16.8. The van der Waals surface area contributed by atoms with Gasteiger partial charge in [-0.3, -0.25) is 0 Å². The zero-order chi connectivity index (χ0) is 19.7. The van der Waals surface area contributed by atoms with Gasteiger partial charge in [0, 0.05) is 24.3 Å². The van der Waals surface area contributed by atoms with Crippen molar-refractivity contribution in [1.82, 2.24) is 0 Å². The van der Waals surface area contributed by atoms with Crippen molar-refractivity contribution in [3.8, 4) is 0 Å². The highest BCUT2D eigenvalue weighted by Crippen LogP contribution is 2.44. The Labute approximate surface area is 149 Å². The van der Waals surface area contributed by atoms with Crippen molar-refractivity contribution in [3.63, 3.8) is 0 Å². The Balaban J connectivity index is 3.10. The van der Waals surface area contributed by atoms with Gasteiger partial charge in [0.2, 0.25) is 12.6 Å². The summed E-state index contributed by atoms with van der Waals surface area (Å²) in [6.45, 7) is 12.1. The van der Waals surface area contributed by atoms with Gasteiger partial charge in [-0.05, 0) is 0 Å². The molecule has 0 aromatic carbocycles. The van der Waals surface area contributed by atoms with E-state index in [0.29, 0.717) is 0 Å². The second kappa shape index (κ2) is 9.33. The van der Waals surface area contributed by atoms with Crippen LogP contribution in [0.3, 0.4) is 0 Å². The van der Waals surface area contributed by atoms with Gasteiger partial charge < -0.3 is 23.7 Å². The Bertz CT molecular complexity index is 580. The average Bonchev–Trinajstić information content (AvgIpc) is 2.65. The largest absolute Gasteiger partial charge is 0.461 e. The molecule has 26 heavy (non-hydrogen) atoms. The first-order chi connectivity index (χ1) is 12.3. The lowest BCUT2D eigenvalue weighted by Gasteiger charge is -2.50. The summed E-state index contributed by atoms with van der Waals surface area (Å²) in [6, 6.07) is 0. The third kappa shape index (κ3) is 4.90. The summed E-state index contributed by atoms with van der Waals surface area (Å²) < 4.78 is 25.1. The summed E-state index contributed by atoms with van der Waals surface area (Å²) in [5.41, 5.74) is -1.51. The Morgan fingerprint density at radius 1 is 0.731 bits per heavy atom. The number of esters is 4. The topological polar surface area (TPSA) is 114 Å². The lowest BCUT2D eigenvalue weighted by Crippen LogP contribution is -2.67. The second-order valence-electron chi connectivity index (χ2n) is 4.94. The highest BCUT2D eigenvalue weighted by molar-refractivity contribution is 5.83. The minimum Gasteiger partial charge on any atom is -0.461 e. The minimum atomic E-state index is -1.51. The molecule has 0 amide bonds. The summed E-state index contributed by atoms with van der Waals surface area (Å²) in [7, 11) is 0. The van der Waals surface area contributed by atoms with E-state index < -0.39 is 55.1 Å². The fourth-order valence-corrected chi connectivity index (χ4v) is 1.86. The molecule has 140 valence electrons. The molecule has 1 heterocycles. The molecular weight excluding hydrogens is 348 g/mol. The van der Waals surface area contributed by atoms with E-state index in [9.17, 15) is 19.2 Å². The fraction of sp³-hybridized carbons (Fsp3) is 0.294. The van der Waals surface area contributed by atoms with Crippen molar-refractivity contribution >= 4 is 23.9 Å². The van der Waals surface area contributed by atoms with E-state index in [4.69, 9.17) is 23.7 Å². The minimum absolute atomic E-state index is 0.466. The van der Waals surface area contributed by atoms with Crippen LogP contribution in [0.1, 0.15) is 0 Å². The molecule has 0 radical (unpaired) electrons. The maximum Gasteiger partial charge on any atom is 0.332 e. The molecule has 1 aliphatic heterocycles. The molecule has 9 heteroatoms. The molecule has 2 atom stereocenters. The van der Waals surface area contributed by atoms with Crippen molar-refractivity contribution in [3.05, 3.63) is 50.6 Å².